The van der Waals surface area contributed by atoms with Gasteiger partial charge in [-0.3, -0.25) is 0 Å². The first-order chi connectivity index (χ1) is 0. The molecule has 4 heteroatoms. The van der Waals surface area contributed by atoms with Crippen LogP contribution < -0.4 is 0 Å². The smallest absolute Gasteiger partial charge is 0 e. The fourth-order valence-electron chi connectivity index (χ4n) is 0. The van der Waals surface area contributed by atoms with E-state index < -0.39 is 0 Å². The van der Waals surface area contributed by atoms with Gasteiger partial charge in [-0.2, -0.15) is 0 Å². The second kappa shape index (κ2) is 17.0. The first-order valence-corrected chi connectivity index (χ1v) is 0. The normalized spacial score (nSPS) is 0. The zero-order chi connectivity index (χ0) is 0. The van der Waals surface area contributed by atoms with Crippen molar-refractivity contribution in [3.8, 4) is 0 Å². The van der Waals surface area contributed by atoms with Crippen molar-refractivity contribution in [3.05, 3.63) is 0 Å². The number of hydrogen-bond acceptors (Lipinski definition) is 0. The first-order valence-electron chi connectivity index (χ1n) is 0. The topological polar surface area (TPSA) is 28.5 Å². The van der Waals surface area contributed by atoms with Crippen LogP contribution in [0, 0.1) is 0 Å². The Morgan fingerprint density at radius 3 is 1.00 bits per heavy atom. The summed E-state index contributed by atoms with van der Waals surface area (Å²) in [6.07, 6.45) is 0. The van der Waals surface area contributed by atoms with Gasteiger partial charge in [-0.05, 0) is 0 Å². The summed E-state index contributed by atoms with van der Waals surface area (Å²) in [6.45, 7) is 0. The van der Waals surface area contributed by atoms with Crippen LogP contribution in [0.5, 0.6) is 0 Å². The van der Waals surface area contributed by atoms with Crippen molar-refractivity contribution in [3.63, 3.8) is 0 Å². The van der Waals surface area contributed by atoms with Crippen molar-refractivity contribution in [1.29, 1.82) is 0 Å². The van der Waals surface area contributed by atoms with Crippen LogP contribution in [-0.4, -0.2) is 89.3 Å². The van der Waals surface area contributed by atoms with Crippen LogP contribution >= 0.6 is 0 Å². The van der Waals surface area contributed by atoms with Gasteiger partial charge in [0.1, 0.15) is 0 Å². The maximum atomic E-state index is 0. The van der Waals surface area contributed by atoms with Crippen LogP contribution in [0.1, 0.15) is 0 Å². The fourth-order valence-corrected chi connectivity index (χ4v) is 0. The minimum absolute atomic E-state index is 0. The predicted octanol–water partition coefficient (Wildman–Crippen LogP) is -2.33. The van der Waals surface area contributed by atoms with Crippen LogP contribution in [-0.2, 0) is 5.48 Å². The Balaban J connectivity index is 0. The molecule has 0 bridgehead atoms. The largest absolute Gasteiger partial charge is 0.316 e. The molecule has 0 N–H and O–H groups in total. The molecule has 0 rings (SSSR count). The molecule has 17 valence electrons. The van der Waals surface area contributed by atoms with E-state index in [1.165, 1.54) is 0 Å². The van der Waals surface area contributed by atoms with Gasteiger partial charge in [0.2, 0.25) is 0 Å². The Labute approximate surface area is 92.6 Å². The summed E-state index contributed by atoms with van der Waals surface area (Å²) < 4.78 is 0. The Kier molecular flexibility index (Phi) is 123. The summed E-state index contributed by atoms with van der Waals surface area (Å²) in [5, 5.41) is 0. The van der Waals surface area contributed by atoms with E-state index in [2.05, 4.69) is 0 Å². The van der Waals surface area contributed by atoms with E-state index in [1.807, 2.05) is 0 Å². The summed E-state index contributed by atoms with van der Waals surface area (Å²) >= 11 is 0. The van der Waals surface area contributed by atoms with Crippen molar-refractivity contribution in [2.75, 3.05) is 0 Å². The van der Waals surface area contributed by atoms with Crippen LogP contribution in [0.3, 0.4) is 0 Å². The van der Waals surface area contributed by atoms with Gasteiger partial charge in [0.25, 0.3) is 0 Å². The molecule has 0 aliphatic carbocycles. The molecule has 0 fully saturated rings. The molecule has 0 spiro atoms. The Morgan fingerprint density at radius 1 is 1.00 bits per heavy atom. The third kappa shape index (κ3) is 8.85. The molecule has 0 aromatic rings. The van der Waals surface area contributed by atoms with Gasteiger partial charge in [0, 0.05) is 22.8 Å². The molecular weight excluding hydrogens is 205 g/mol. The molecule has 0 saturated carbocycles. The summed E-state index contributed by atoms with van der Waals surface area (Å²) in [4.78, 5) is 0. The van der Waals surface area contributed by atoms with E-state index in [0.717, 1.165) is 0 Å². The van der Waals surface area contributed by atoms with Gasteiger partial charge in [0.15, 0.2) is 0 Å². The van der Waals surface area contributed by atoms with E-state index in [1.54, 1.807) is 0 Å². The van der Waals surface area contributed by atoms with Gasteiger partial charge in [-0.15, -0.1) is 0 Å². The quantitative estimate of drug-likeness (QED) is 0.400. The van der Waals surface area contributed by atoms with Crippen molar-refractivity contribution >= 4 is 89.3 Å². The van der Waals surface area contributed by atoms with Crippen molar-refractivity contribution in [1.82, 2.24) is 0 Å². The Morgan fingerprint density at radius 2 is 1.00 bits per heavy atom. The molecule has 0 heterocycles. The van der Waals surface area contributed by atoms with E-state index in [4.69, 9.17) is 0 Å². The third-order valence-corrected chi connectivity index (χ3v) is 0. The van der Waals surface area contributed by atoms with Crippen LogP contribution in [0.4, 0.5) is 0 Å². The Hall–Kier alpha value is 2.83. The molecule has 4 heavy (non-hydrogen) atoms. The van der Waals surface area contributed by atoms with Gasteiger partial charge < -0.3 is 0 Å². The molecule has 0 saturated heterocycles. The third-order valence-electron chi connectivity index (χ3n) is 0. The van der Waals surface area contributed by atoms with E-state index in [-0.39, 0.29) is 94.8 Å². The molecule has 0 aromatic heterocycles. The molecule has 0 aliphatic rings. The van der Waals surface area contributed by atoms with Gasteiger partial charge in [-0.1, -0.05) is 0 Å². The van der Waals surface area contributed by atoms with Gasteiger partial charge >= 0.3 is 71.9 Å². The van der Waals surface area contributed by atoms with E-state index >= 15 is 0 Å². The molecular formula is H4AlBaMgO. The second-order valence-electron chi connectivity index (χ2n) is 0. The first kappa shape index (κ1) is 29.0. The van der Waals surface area contributed by atoms with Crippen molar-refractivity contribution in [2.45, 2.75) is 0 Å². The standard InChI is InChI=1S/Al.Ba.Mg.O.4H. The summed E-state index contributed by atoms with van der Waals surface area (Å²) in [5.74, 6) is 0. The van der Waals surface area contributed by atoms with Crippen molar-refractivity contribution < 1.29 is 5.48 Å². The molecule has 0 atom stereocenters. The van der Waals surface area contributed by atoms with Crippen LogP contribution in [0.15, 0.2) is 0 Å². The fraction of sp³-hybridized carbons (Fsp3) is 0. The second-order valence-corrected chi connectivity index (χ2v) is 0. The monoisotopic (exact) mass is 209 g/mol. The van der Waals surface area contributed by atoms with E-state index in [0.29, 0.717) is 0 Å². The summed E-state index contributed by atoms with van der Waals surface area (Å²) in [6, 6.07) is 0. The SMILES string of the molecule is [Al].[BaH2].[MgH2].[O]. The summed E-state index contributed by atoms with van der Waals surface area (Å²) in [5.41, 5.74) is 0. The average molecular weight is 209 g/mol. The molecule has 5 radical (unpaired) electrons. The molecule has 0 amide bonds. The molecule has 0 aliphatic heterocycles. The zero-order valence-electron chi connectivity index (χ0n) is 0.986. The number of hydrogen-bond donors (Lipinski definition) is 0. The maximum absolute atomic E-state index is 0. The zero-order valence-corrected chi connectivity index (χ0v) is 2.14. The summed E-state index contributed by atoms with van der Waals surface area (Å²) in [7, 11) is 0. The number of rotatable bonds is 0. The predicted molar refractivity (Wildman–Crippen MR) is 23.5 cm³/mol. The minimum Gasteiger partial charge on any atom is 0 e. The van der Waals surface area contributed by atoms with Crippen LogP contribution in [0.2, 0.25) is 0 Å². The molecule has 0 aromatic carbocycles. The Bertz CT molecular complexity index is 8.00. The average Bonchev–Trinajstić information content (AvgIpc) is 0. The van der Waals surface area contributed by atoms with Crippen molar-refractivity contribution in [2.24, 2.45) is 0 Å². The molecule has 1 nitrogen and oxygen atoms in total. The van der Waals surface area contributed by atoms with Crippen LogP contribution in [0.25, 0.3) is 0 Å². The van der Waals surface area contributed by atoms with Gasteiger partial charge in [0.05, 0.1) is 0 Å². The maximum Gasteiger partial charge on any atom is 0.316 e. The molecule has 0 unspecified atom stereocenters. The van der Waals surface area contributed by atoms with E-state index in [9.17, 15) is 0 Å². The van der Waals surface area contributed by atoms with Gasteiger partial charge in [-0.25, -0.2) is 0 Å². The minimum atomic E-state index is 0.